The smallest absolute Gasteiger partial charge is 0.379 e. The molecule has 0 aliphatic rings. The van der Waals surface area contributed by atoms with Gasteiger partial charge in [-0.25, -0.2) is 4.79 Å². The summed E-state index contributed by atoms with van der Waals surface area (Å²) in [6.45, 7) is 2.25. The van der Waals surface area contributed by atoms with Crippen LogP contribution in [-0.4, -0.2) is 11.1 Å². The van der Waals surface area contributed by atoms with E-state index >= 15 is 0 Å². The van der Waals surface area contributed by atoms with Crippen LogP contribution < -0.4 is 10.4 Å². The lowest BCUT2D eigenvalue weighted by atomic mass is 10.0. The first-order valence-corrected chi connectivity index (χ1v) is 11.6. The van der Waals surface area contributed by atoms with Gasteiger partial charge >= 0.3 is 11.6 Å². The van der Waals surface area contributed by atoms with Crippen LogP contribution in [0.2, 0.25) is 0 Å². The summed E-state index contributed by atoms with van der Waals surface area (Å²) in [4.78, 5) is 24.0. The predicted octanol–water partition coefficient (Wildman–Crippen LogP) is 6.89. The minimum absolute atomic E-state index is 0.0119. The third-order valence-electron chi connectivity index (χ3n) is 5.40. The SMILES string of the molecule is CCCCCCCCCCCCCCCC(=O)Oc1cc2ccc(O)cc2oc1=O. The molecular formula is C25H36O5. The molecule has 2 aromatic rings. The average molecular weight is 417 g/mol. The van der Waals surface area contributed by atoms with Crippen molar-refractivity contribution >= 4 is 16.9 Å². The summed E-state index contributed by atoms with van der Waals surface area (Å²) in [5.41, 5.74) is -0.455. The van der Waals surface area contributed by atoms with Crippen molar-refractivity contribution in [1.82, 2.24) is 0 Å². The van der Waals surface area contributed by atoms with Gasteiger partial charge in [0.1, 0.15) is 11.3 Å². The highest BCUT2D eigenvalue weighted by atomic mass is 16.5. The van der Waals surface area contributed by atoms with Crippen molar-refractivity contribution in [1.29, 1.82) is 0 Å². The van der Waals surface area contributed by atoms with Gasteiger partial charge in [-0.2, -0.15) is 0 Å². The molecule has 0 atom stereocenters. The quantitative estimate of drug-likeness (QED) is 0.194. The van der Waals surface area contributed by atoms with E-state index in [1.807, 2.05) is 0 Å². The molecule has 0 amide bonds. The van der Waals surface area contributed by atoms with Crippen molar-refractivity contribution in [2.24, 2.45) is 0 Å². The van der Waals surface area contributed by atoms with Crippen molar-refractivity contribution in [3.63, 3.8) is 0 Å². The molecule has 1 aromatic heterocycles. The molecule has 0 aliphatic carbocycles. The summed E-state index contributed by atoms with van der Waals surface area (Å²) in [6, 6.07) is 5.93. The van der Waals surface area contributed by atoms with E-state index < -0.39 is 11.6 Å². The van der Waals surface area contributed by atoms with Crippen LogP contribution in [0.5, 0.6) is 11.5 Å². The zero-order valence-corrected chi connectivity index (χ0v) is 18.3. The number of hydrogen-bond donors (Lipinski definition) is 1. The minimum atomic E-state index is -0.716. The molecule has 30 heavy (non-hydrogen) atoms. The first-order valence-electron chi connectivity index (χ1n) is 11.6. The van der Waals surface area contributed by atoms with Crippen LogP contribution in [0, 0.1) is 0 Å². The number of rotatable bonds is 15. The Bertz CT molecular complexity index is 824. The Kier molecular flexibility index (Phi) is 11.1. The number of aromatic hydroxyl groups is 1. The number of phenolic OH excluding ortho intramolecular Hbond substituents is 1. The van der Waals surface area contributed by atoms with Crippen LogP contribution in [0.25, 0.3) is 11.0 Å². The van der Waals surface area contributed by atoms with E-state index in [0.29, 0.717) is 11.8 Å². The monoisotopic (exact) mass is 416 g/mol. The standard InChI is InChI=1S/C25H36O5/c1-2-3-4-5-6-7-8-9-10-11-12-13-14-15-24(27)29-23-18-20-16-17-21(26)19-22(20)30-25(23)28/h16-19,26H,2-15H2,1H3. The van der Waals surface area contributed by atoms with E-state index in [1.165, 1.54) is 82.4 Å². The van der Waals surface area contributed by atoms with Gasteiger partial charge in [0.25, 0.3) is 0 Å². The molecule has 166 valence electrons. The number of ether oxygens (including phenoxy) is 1. The molecule has 2 rings (SSSR count). The summed E-state index contributed by atoms with van der Waals surface area (Å²) < 4.78 is 10.3. The Morgan fingerprint density at radius 3 is 2.03 bits per heavy atom. The summed E-state index contributed by atoms with van der Waals surface area (Å²) >= 11 is 0. The molecule has 0 unspecified atom stereocenters. The Morgan fingerprint density at radius 2 is 1.43 bits per heavy atom. The van der Waals surface area contributed by atoms with E-state index in [2.05, 4.69) is 6.92 Å². The van der Waals surface area contributed by atoms with Crippen molar-refractivity contribution in [3.8, 4) is 11.5 Å². The third kappa shape index (κ3) is 9.02. The Labute approximate surface area is 179 Å². The van der Waals surface area contributed by atoms with Crippen molar-refractivity contribution in [2.45, 2.75) is 96.8 Å². The number of benzene rings is 1. The molecule has 1 N–H and O–H groups in total. The molecule has 5 heteroatoms. The van der Waals surface area contributed by atoms with Gasteiger partial charge in [-0.3, -0.25) is 4.79 Å². The Morgan fingerprint density at radius 1 is 0.867 bits per heavy atom. The number of unbranched alkanes of at least 4 members (excludes halogenated alkanes) is 12. The van der Waals surface area contributed by atoms with E-state index in [9.17, 15) is 14.7 Å². The first-order chi connectivity index (χ1) is 14.6. The number of phenols is 1. The van der Waals surface area contributed by atoms with Gasteiger partial charge < -0.3 is 14.3 Å². The number of hydrogen-bond acceptors (Lipinski definition) is 5. The third-order valence-corrected chi connectivity index (χ3v) is 5.40. The topological polar surface area (TPSA) is 76.7 Å². The highest BCUT2D eigenvalue weighted by molar-refractivity contribution is 5.80. The Hall–Kier alpha value is -2.30. The molecule has 0 saturated carbocycles. The van der Waals surface area contributed by atoms with Crippen molar-refractivity contribution < 1.29 is 19.1 Å². The zero-order valence-electron chi connectivity index (χ0n) is 18.3. The second kappa shape index (κ2) is 13.8. The van der Waals surface area contributed by atoms with Crippen LogP contribution in [0.15, 0.2) is 33.5 Å². The van der Waals surface area contributed by atoms with Gasteiger partial charge in [-0.05, 0) is 24.6 Å². The van der Waals surface area contributed by atoms with Crippen molar-refractivity contribution in [2.75, 3.05) is 0 Å². The molecule has 0 spiro atoms. The predicted molar refractivity (Wildman–Crippen MR) is 120 cm³/mol. The Balaban J connectivity index is 1.54. The lowest BCUT2D eigenvalue weighted by molar-refractivity contribution is -0.134. The van der Waals surface area contributed by atoms with E-state index in [4.69, 9.17) is 9.15 Å². The minimum Gasteiger partial charge on any atom is -0.508 e. The van der Waals surface area contributed by atoms with Crippen LogP contribution >= 0.6 is 0 Å². The summed E-state index contributed by atoms with van der Waals surface area (Å²) in [7, 11) is 0. The van der Waals surface area contributed by atoms with E-state index in [-0.39, 0.29) is 17.1 Å². The van der Waals surface area contributed by atoms with Crippen LogP contribution in [-0.2, 0) is 4.79 Å². The summed E-state index contributed by atoms with van der Waals surface area (Å²) in [5.74, 6) is -0.505. The lowest BCUT2D eigenvalue weighted by Gasteiger charge is -2.05. The van der Waals surface area contributed by atoms with Crippen molar-refractivity contribution in [3.05, 3.63) is 34.7 Å². The maximum absolute atomic E-state index is 12.0. The van der Waals surface area contributed by atoms with E-state index in [0.717, 1.165) is 19.3 Å². The zero-order chi connectivity index (χ0) is 21.6. The maximum Gasteiger partial charge on any atom is 0.379 e. The molecule has 0 radical (unpaired) electrons. The van der Waals surface area contributed by atoms with Gasteiger partial charge in [0.05, 0.1) is 0 Å². The summed E-state index contributed by atoms with van der Waals surface area (Å²) in [6.07, 6.45) is 16.5. The van der Waals surface area contributed by atoms with Crippen LogP contribution in [0.3, 0.4) is 0 Å². The first kappa shape index (κ1) is 24.0. The summed E-state index contributed by atoms with van der Waals surface area (Å²) in [5, 5.41) is 10.0. The van der Waals surface area contributed by atoms with Crippen LogP contribution in [0.4, 0.5) is 0 Å². The lowest BCUT2D eigenvalue weighted by Crippen LogP contribution is -2.13. The second-order valence-electron chi connectivity index (χ2n) is 8.09. The molecule has 0 fully saturated rings. The molecule has 1 aromatic carbocycles. The van der Waals surface area contributed by atoms with Gasteiger partial charge in [0, 0.05) is 17.9 Å². The molecule has 0 aliphatic heterocycles. The second-order valence-corrected chi connectivity index (χ2v) is 8.09. The fraction of sp³-hybridized carbons (Fsp3) is 0.600. The normalized spacial score (nSPS) is 11.1. The molecule has 1 heterocycles. The van der Waals surface area contributed by atoms with Gasteiger partial charge in [0.15, 0.2) is 0 Å². The largest absolute Gasteiger partial charge is 0.508 e. The number of carbonyl (C=O) groups excluding carboxylic acids is 1. The maximum atomic E-state index is 12.0. The molecule has 0 saturated heterocycles. The van der Waals surface area contributed by atoms with Crippen LogP contribution in [0.1, 0.15) is 96.8 Å². The molecule has 0 bridgehead atoms. The highest BCUT2D eigenvalue weighted by Crippen LogP contribution is 2.22. The average Bonchev–Trinajstić information content (AvgIpc) is 2.72. The van der Waals surface area contributed by atoms with Gasteiger partial charge in [-0.15, -0.1) is 0 Å². The highest BCUT2D eigenvalue weighted by Gasteiger charge is 2.11. The molecule has 5 nitrogen and oxygen atoms in total. The van der Waals surface area contributed by atoms with Gasteiger partial charge in [-0.1, -0.05) is 84.0 Å². The number of esters is 1. The van der Waals surface area contributed by atoms with E-state index in [1.54, 1.807) is 6.07 Å². The number of carbonyl (C=O) groups is 1. The number of fused-ring (bicyclic) bond motifs is 1. The molecular weight excluding hydrogens is 380 g/mol. The fourth-order valence-corrected chi connectivity index (χ4v) is 3.61. The van der Waals surface area contributed by atoms with Gasteiger partial charge in [0.2, 0.25) is 5.75 Å². The fourth-order valence-electron chi connectivity index (χ4n) is 3.61.